The van der Waals surface area contributed by atoms with Crippen LogP contribution < -0.4 is 10.9 Å². The molecule has 1 heterocycles. The quantitative estimate of drug-likeness (QED) is 0.783. The van der Waals surface area contributed by atoms with Gasteiger partial charge in [0.05, 0.1) is 24.5 Å². The lowest BCUT2D eigenvalue weighted by atomic mass is 10.1. The van der Waals surface area contributed by atoms with E-state index in [4.69, 9.17) is 11.6 Å². The topological polar surface area (TPSA) is 70.4 Å². The lowest BCUT2D eigenvalue weighted by Crippen LogP contribution is -2.30. The molecule has 0 radical (unpaired) electrons. The zero-order valence-corrected chi connectivity index (χ0v) is 13.2. The van der Waals surface area contributed by atoms with Crippen molar-refractivity contribution in [2.24, 2.45) is 5.92 Å². The number of anilines is 1. The molecule has 1 atom stereocenters. The van der Waals surface area contributed by atoms with Gasteiger partial charge in [-0.1, -0.05) is 25.4 Å². The lowest BCUT2D eigenvalue weighted by Gasteiger charge is -2.17. The fourth-order valence-corrected chi connectivity index (χ4v) is 1.71. The van der Waals surface area contributed by atoms with Gasteiger partial charge in [-0.25, -0.2) is 4.68 Å². The van der Waals surface area contributed by atoms with E-state index in [9.17, 15) is 9.90 Å². The fraction of sp³-hybridized carbons (Fsp3) is 0.692. The Kier molecular flexibility index (Phi) is 6.45. The van der Waals surface area contributed by atoms with Gasteiger partial charge >= 0.3 is 0 Å². The minimum Gasteiger partial charge on any atom is -0.391 e. The first-order valence-corrected chi connectivity index (χ1v) is 7.03. The van der Waals surface area contributed by atoms with Crippen molar-refractivity contribution in [1.29, 1.82) is 0 Å². The number of hydrogen-bond donors (Lipinski definition) is 2. The van der Waals surface area contributed by atoms with Gasteiger partial charge in [-0.2, -0.15) is 5.10 Å². The third-order valence-corrected chi connectivity index (χ3v) is 3.38. The summed E-state index contributed by atoms with van der Waals surface area (Å²) >= 11 is 6.05. The normalized spacial score (nSPS) is 13.0. The number of nitrogens with one attached hydrogen (secondary N) is 1. The first-order chi connectivity index (χ1) is 9.32. The molecule has 0 bridgehead atoms. The third kappa shape index (κ3) is 4.77. The smallest absolute Gasteiger partial charge is 0.287 e. The second-order valence-corrected chi connectivity index (χ2v) is 5.77. The predicted octanol–water partition coefficient (Wildman–Crippen LogP) is 0.887. The fourth-order valence-electron chi connectivity index (χ4n) is 1.49. The number of aliphatic hydroxyl groups is 1. The van der Waals surface area contributed by atoms with Crippen molar-refractivity contribution in [2.75, 3.05) is 32.5 Å². The van der Waals surface area contributed by atoms with Gasteiger partial charge < -0.3 is 15.3 Å². The summed E-state index contributed by atoms with van der Waals surface area (Å²) in [7, 11) is 3.85. The van der Waals surface area contributed by atoms with Crippen LogP contribution in [0.5, 0.6) is 0 Å². The van der Waals surface area contributed by atoms with Gasteiger partial charge in [-0.05, 0) is 20.0 Å². The summed E-state index contributed by atoms with van der Waals surface area (Å²) < 4.78 is 1.34. The van der Waals surface area contributed by atoms with E-state index in [1.54, 1.807) is 0 Å². The van der Waals surface area contributed by atoms with Crippen molar-refractivity contribution in [2.45, 2.75) is 26.5 Å². The number of hydrogen-bond acceptors (Lipinski definition) is 5. The van der Waals surface area contributed by atoms with Crippen molar-refractivity contribution >= 4 is 17.3 Å². The molecule has 0 amide bonds. The number of aromatic nitrogens is 2. The molecule has 1 aromatic heterocycles. The highest BCUT2D eigenvalue weighted by Gasteiger charge is 2.12. The standard InChI is InChI=1S/C13H23ClN4O2/c1-9(2)11(19)8-15-10-7-16-18(6-5-17(3)4)13(20)12(10)14/h7,9,11,15,19H,5-6,8H2,1-4H3. The average Bonchev–Trinajstić information content (AvgIpc) is 2.38. The van der Waals surface area contributed by atoms with Crippen LogP contribution in [0.4, 0.5) is 5.69 Å². The third-order valence-electron chi connectivity index (χ3n) is 3.02. The number of halogens is 1. The van der Waals surface area contributed by atoms with Crippen LogP contribution in [0, 0.1) is 5.92 Å². The Labute approximate surface area is 124 Å². The molecule has 2 N–H and O–H groups in total. The molecular weight excluding hydrogens is 280 g/mol. The number of aliphatic hydroxyl groups excluding tert-OH is 1. The Morgan fingerprint density at radius 1 is 1.50 bits per heavy atom. The Hall–Kier alpha value is -1.11. The van der Waals surface area contributed by atoms with Crippen molar-refractivity contribution < 1.29 is 5.11 Å². The van der Waals surface area contributed by atoms with Gasteiger partial charge in [-0.3, -0.25) is 4.79 Å². The van der Waals surface area contributed by atoms with Gasteiger partial charge in [0.25, 0.3) is 5.56 Å². The van der Waals surface area contributed by atoms with E-state index in [1.165, 1.54) is 10.9 Å². The Balaban J connectivity index is 2.76. The van der Waals surface area contributed by atoms with E-state index in [-0.39, 0.29) is 16.5 Å². The van der Waals surface area contributed by atoms with Crippen LogP contribution >= 0.6 is 11.6 Å². The van der Waals surface area contributed by atoms with Crippen molar-refractivity contribution in [1.82, 2.24) is 14.7 Å². The Bertz CT molecular complexity index is 488. The molecule has 7 heteroatoms. The molecule has 114 valence electrons. The summed E-state index contributed by atoms with van der Waals surface area (Å²) in [6, 6.07) is 0. The van der Waals surface area contributed by atoms with Crippen molar-refractivity contribution in [3.8, 4) is 0 Å². The van der Waals surface area contributed by atoms with Crippen LogP contribution in [-0.4, -0.2) is 53.1 Å². The van der Waals surface area contributed by atoms with Gasteiger partial charge in [-0.15, -0.1) is 0 Å². The molecule has 0 aliphatic carbocycles. The van der Waals surface area contributed by atoms with Crippen LogP contribution in [0.3, 0.4) is 0 Å². The van der Waals surface area contributed by atoms with E-state index < -0.39 is 6.10 Å². The lowest BCUT2D eigenvalue weighted by molar-refractivity contribution is 0.138. The first-order valence-electron chi connectivity index (χ1n) is 6.65. The van der Waals surface area contributed by atoms with E-state index in [2.05, 4.69) is 10.4 Å². The highest BCUT2D eigenvalue weighted by molar-refractivity contribution is 6.32. The van der Waals surface area contributed by atoms with Crippen LogP contribution in [0.15, 0.2) is 11.0 Å². The molecule has 0 aliphatic heterocycles. The van der Waals surface area contributed by atoms with Crippen LogP contribution in [0.25, 0.3) is 0 Å². The summed E-state index contributed by atoms with van der Waals surface area (Å²) in [4.78, 5) is 14.0. The van der Waals surface area contributed by atoms with E-state index in [0.29, 0.717) is 25.3 Å². The molecule has 0 aliphatic rings. The van der Waals surface area contributed by atoms with Crippen molar-refractivity contribution in [3.63, 3.8) is 0 Å². The monoisotopic (exact) mass is 302 g/mol. The summed E-state index contributed by atoms with van der Waals surface area (Å²) in [5, 5.41) is 16.9. The van der Waals surface area contributed by atoms with Gasteiger partial charge in [0, 0.05) is 13.1 Å². The number of likely N-dealkylation sites (N-methyl/N-ethyl adjacent to an activating group) is 1. The van der Waals surface area contributed by atoms with Crippen LogP contribution in [0.2, 0.25) is 5.02 Å². The second-order valence-electron chi connectivity index (χ2n) is 5.40. The minimum atomic E-state index is -0.498. The average molecular weight is 303 g/mol. The summed E-state index contributed by atoms with van der Waals surface area (Å²) in [5.41, 5.74) is 0.134. The largest absolute Gasteiger partial charge is 0.391 e. The zero-order valence-electron chi connectivity index (χ0n) is 12.4. The number of nitrogens with zero attached hydrogens (tertiary/aromatic N) is 3. The molecule has 0 saturated heterocycles. The molecule has 0 aromatic carbocycles. The maximum atomic E-state index is 12.0. The van der Waals surface area contributed by atoms with Gasteiger partial charge in [0.1, 0.15) is 5.02 Å². The molecule has 0 spiro atoms. The summed E-state index contributed by atoms with van der Waals surface area (Å²) in [6.07, 6.45) is 1.02. The van der Waals surface area contributed by atoms with Gasteiger partial charge in [0.15, 0.2) is 0 Å². The molecule has 0 saturated carbocycles. The molecule has 6 nitrogen and oxygen atoms in total. The maximum absolute atomic E-state index is 12.0. The molecule has 1 unspecified atom stereocenters. The minimum absolute atomic E-state index is 0.106. The maximum Gasteiger partial charge on any atom is 0.287 e. The van der Waals surface area contributed by atoms with Crippen LogP contribution in [0.1, 0.15) is 13.8 Å². The summed E-state index contributed by atoms with van der Waals surface area (Å²) in [6.45, 7) is 5.37. The molecule has 1 aromatic rings. The summed E-state index contributed by atoms with van der Waals surface area (Å²) in [5.74, 6) is 0.134. The Morgan fingerprint density at radius 3 is 2.70 bits per heavy atom. The number of rotatable bonds is 7. The highest BCUT2D eigenvalue weighted by Crippen LogP contribution is 2.15. The first kappa shape index (κ1) is 16.9. The predicted molar refractivity (Wildman–Crippen MR) is 81.4 cm³/mol. The highest BCUT2D eigenvalue weighted by atomic mass is 35.5. The Morgan fingerprint density at radius 2 is 2.15 bits per heavy atom. The molecular formula is C13H23ClN4O2. The zero-order chi connectivity index (χ0) is 15.3. The molecule has 1 rings (SSSR count). The van der Waals surface area contributed by atoms with E-state index in [0.717, 1.165) is 0 Å². The molecule has 20 heavy (non-hydrogen) atoms. The molecule has 0 fully saturated rings. The van der Waals surface area contributed by atoms with Crippen molar-refractivity contribution in [3.05, 3.63) is 21.6 Å². The van der Waals surface area contributed by atoms with Gasteiger partial charge in [0.2, 0.25) is 0 Å². The van der Waals surface area contributed by atoms with E-state index in [1.807, 2.05) is 32.8 Å². The van der Waals surface area contributed by atoms with Crippen LogP contribution in [-0.2, 0) is 6.54 Å². The van der Waals surface area contributed by atoms with E-state index >= 15 is 0 Å². The second kappa shape index (κ2) is 7.61. The SMILES string of the molecule is CC(C)C(O)CNc1cnn(CCN(C)C)c(=O)c1Cl.